The van der Waals surface area contributed by atoms with Crippen molar-refractivity contribution in [3.8, 4) is 0 Å². The van der Waals surface area contributed by atoms with Crippen molar-refractivity contribution in [3.05, 3.63) is 41.2 Å². The number of anilines is 1. The average Bonchev–Trinajstić information content (AvgIpc) is 3.03. The van der Waals surface area contributed by atoms with Gasteiger partial charge in [0.1, 0.15) is 0 Å². The zero-order valence-corrected chi connectivity index (χ0v) is 15.0. The van der Waals surface area contributed by atoms with Crippen molar-refractivity contribution in [2.45, 2.75) is 38.8 Å². The minimum Gasteiger partial charge on any atom is -0.377 e. The van der Waals surface area contributed by atoms with Gasteiger partial charge in [-0.05, 0) is 57.5 Å². The predicted octanol–water partition coefficient (Wildman–Crippen LogP) is 2.47. The zero-order chi connectivity index (χ0) is 17.8. The van der Waals surface area contributed by atoms with E-state index in [1.807, 2.05) is 42.8 Å². The lowest BCUT2D eigenvalue weighted by atomic mass is 10.1. The van der Waals surface area contributed by atoms with E-state index >= 15 is 0 Å². The molecule has 1 aliphatic rings. The van der Waals surface area contributed by atoms with Gasteiger partial charge in [0.15, 0.2) is 5.69 Å². The first-order valence-electron chi connectivity index (χ1n) is 8.66. The summed E-state index contributed by atoms with van der Waals surface area (Å²) in [6.45, 7) is 5.81. The van der Waals surface area contributed by atoms with Crippen LogP contribution in [0.2, 0.25) is 0 Å². The van der Waals surface area contributed by atoms with Crippen LogP contribution in [-0.2, 0) is 4.74 Å². The number of nitrogens with zero attached hydrogens (tertiary/aromatic N) is 3. The van der Waals surface area contributed by atoms with Gasteiger partial charge in [0.05, 0.1) is 17.8 Å². The van der Waals surface area contributed by atoms with Gasteiger partial charge in [0.25, 0.3) is 5.91 Å². The average molecular weight is 343 g/mol. The molecule has 7 heteroatoms. The Morgan fingerprint density at radius 1 is 1.40 bits per heavy atom. The first kappa shape index (κ1) is 17.6. The van der Waals surface area contributed by atoms with E-state index in [9.17, 15) is 4.79 Å². The van der Waals surface area contributed by atoms with Crippen molar-refractivity contribution in [1.82, 2.24) is 20.3 Å². The number of piperidine rings is 1. The number of rotatable bonds is 5. The molecular weight excluding hydrogens is 318 g/mol. The van der Waals surface area contributed by atoms with E-state index in [-0.39, 0.29) is 12.0 Å². The highest BCUT2D eigenvalue weighted by Crippen LogP contribution is 2.22. The van der Waals surface area contributed by atoms with Gasteiger partial charge in [-0.2, -0.15) is 0 Å². The molecule has 2 heterocycles. The SMILES string of the molecule is CO[C@H](C)c1cccc(NC(=O)c2nnn(C3CCNCC3)c2C)c1. The van der Waals surface area contributed by atoms with E-state index in [4.69, 9.17) is 4.74 Å². The molecule has 0 saturated carbocycles. The molecule has 1 saturated heterocycles. The molecule has 0 bridgehead atoms. The number of methoxy groups -OCH3 is 1. The van der Waals surface area contributed by atoms with Gasteiger partial charge in [-0.3, -0.25) is 4.79 Å². The number of hydrogen-bond acceptors (Lipinski definition) is 5. The quantitative estimate of drug-likeness (QED) is 0.872. The molecule has 0 spiro atoms. The van der Waals surface area contributed by atoms with Gasteiger partial charge in [-0.25, -0.2) is 4.68 Å². The topological polar surface area (TPSA) is 81.1 Å². The van der Waals surface area contributed by atoms with Crippen LogP contribution < -0.4 is 10.6 Å². The number of nitrogens with one attached hydrogen (secondary N) is 2. The van der Waals surface area contributed by atoms with Crippen LogP contribution in [-0.4, -0.2) is 41.1 Å². The molecule has 1 atom stereocenters. The Balaban J connectivity index is 1.74. The number of carbonyl (C=O) groups is 1. The molecule has 134 valence electrons. The summed E-state index contributed by atoms with van der Waals surface area (Å²) in [5, 5.41) is 14.6. The van der Waals surface area contributed by atoms with E-state index in [1.165, 1.54) is 0 Å². The van der Waals surface area contributed by atoms with Crippen molar-refractivity contribution in [2.24, 2.45) is 0 Å². The lowest BCUT2D eigenvalue weighted by Crippen LogP contribution is -2.30. The second-order valence-corrected chi connectivity index (χ2v) is 6.41. The molecule has 1 fully saturated rings. The summed E-state index contributed by atoms with van der Waals surface area (Å²) in [6, 6.07) is 7.96. The smallest absolute Gasteiger partial charge is 0.278 e. The summed E-state index contributed by atoms with van der Waals surface area (Å²) < 4.78 is 7.22. The number of ether oxygens (including phenoxy) is 1. The van der Waals surface area contributed by atoms with E-state index in [2.05, 4.69) is 20.9 Å². The second kappa shape index (κ2) is 7.76. The van der Waals surface area contributed by atoms with Crippen LogP contribution in [0.5, 0.6) is 0 Å². The van der Waals surface area contributed by atoms with Crippen LogP contribution in [0.3, 0.4) is 0 Å². The monoisotopic (exact) mass is 343 g/mol. The fourth-order valence-corrected chi connectivity index (χ4v) is 3.14. The van der Waals surface area contributed by atoms with E-state index in [1.54, 1.807) is 7.11 Å². The molecule has 0 unspecified atom stereocenters. The molecular formula is C18H25N5O2. The molecule has 3 rings (SSSR count). The first-order valence-corrected chi connectivity index (χ1v) is 8.66. The Labute approximate surface area is 147 Å². The van der Waals surface area contributed by atoms with Crippen molar-refractivity contribution in [2.75, 3.05) is 25.5 Å². The highest BCUT2D eigenvalue weighted by molar-refractivity contribution is 6.03. The van der Waals surface area contributed by atoms with Crippen LogP contribution in [0.4, 0.5) is 5.69 Å². The summed E-state index contributed by atoms with van der Waals surface area (Å²) in [5.41, 5.74) is 2.92. The maximum atomic E-state index is 12.6. The van der Waals surface area contributed by atoms with Crippen molar-refractivity contribution in [1.29, 1.82) is 0 Å². The Kier molecular flexibility index (Phi) is 5.45. The maximum Gasteiger partial charge on any atom is 0.278 e. The van der Waals surface area contributed by atoms with Crippen LogP contribution >= 0.6 is 0 Å². The Morgan fingerprint density at radius 2 is 2.16 bits per heavy atom. The minimum absolute atomic E-state index is 0.0284. The third kappa shape index (κ3) is 3.88. The number of benzene rings is 1. The minimum atomic E-state index is -0.236. The van der Waals surface area contributed by atoms with Crippen molar-refractivity contribution >= 4 is 11.6 Å². The largest absolute Gasteiger partial charge is 0.377 e. The van der Waals surface area contributed by atoms with Gasteiger partial charge in [-0.15, -0.1) is 5.10 Å². The number of amides is 1. The summed E-state index contributed by atoms with van der Waals surface area (Å²) in [4.78, 5) is 12.6. The fraction of sp³-hybridized carbons (Fsp3) is 0.500. The zero-order valence-electron chi connectivity index (χ0n) is 15.0. The maximum absolute atomic E-state index is 12.6. The van der Waals surface area contributed by atoms with Crippen LogP contribution in [0.15, 0.2) is 24.3 Å². The fourth-order valence-electron chi connectivity index (χ4n) is 3.14. The molecule has 1 amide bonds. The molecule has 25 heavy (non-hydrogen) atoms. The van der Waals surface area contributed by atoms with Crippen molar-refractivity contribution < 1.29 is 9.53 Å². The second-order valence-electron chi connectivity index (χ2n) is 6.41. The van der Waals surface area contributed by atoms with E-state index in [0.717, 1.165) is 42.9 Å². The van der Waals surface area contributed by atoms with Gasteiger partial charge < -0.3 is 15.4 Å². The van der Waals surface area contributed by atoms with Gasteiger partial charge in [0, 0.05) is 12.8 Å². The molecule has 1 aliphatic heterocycles. The standard InChI is InChI=1S/C18H25N5O2/c1-12-17(21-22-23(12)16-7-9-19-10-8-16)18(24)20-15-6-4-5-14(11-15)13(2)25-3/h4-6,11,13,16,19H,7-10H2,1-3H3,(H,20,24)/t13-/m1/s1. The van der Waals surface area contributed by atoms with E-state index < -0.39 is 0 Å². The summed E-state index contributed by atoms with van der Waals surface area (Å²) >= 11 is 0. The molecule has 1 aromatic carbocycles. The Hall–Kier alpha value is -2.25. The van der Waals surface area contributed by atoms with E-state index in [0.29, 0.717) is 11.7 Å². The summed E-state index contributed by atoms with van der Waals surface area (Å²) in [7, 11) is 1.67. The molecule has 7 nitrogen and oxygen atoms in total. The molecule has 2 N–H and O–H groups in total. The lowest BCUT2D eigenvalue weighted by molar-refractivity contribution is 0.102. The van der Waals surface area contributed by atoms with Crippen molar-refractivity contribution in [3.63, 3.8) is 0 Å². The Bertz CT molecular complexity index is 737. The third-order valence-electron chi connectivity index (χ3n) is 4.76. The lowest BCUT2D eigenvalue weighted by Gasteiger charge is -2.23. The number of aromatic nitrogens is 3. The number of carbonyl (C=O) groups excluding carboxylic acids is 1. The highest BCUT2D eigenvalue weighted by Gasteiger charge is 2.23. The first-order chi connectivity index (χ1) is 12.1. The van der Waals surface area contributed by atoms with Gasteiger partial charge in [0.2, 0.25) is 0 Å². The summed E-state index contributed by atoms with van der Waals surface area (Å²) in [6.07, 6.45) is 1.98. The summed E-state index contributed by atoms with van der Waals surface area (Å²) in [5.74, 6) is -0.236. The molecule has 2 aromatic rings. The number of hydrogen-bond donors (Lipinski definition) is 2. The van der Waals surface area contributed by atoms with Crippen LogP contribution in [0, 0.1) is 6.92 Å². The predicted molar refractivity (Wildman–Crippen MR) is 95.7 cm³/mol. The normalized spacial score (nSPS) is 16.6. The highest BCUT2D eigenvalue weighted by atomic mass is 16.5. The molecule has 0 radical (unpaired) electrons. The molecule has 1 aromatic heterocycles. The van der Waals surface area contributed by atoms with Gasteiger partial charge >= 0.3 is 0 Å². The van der Waals surface area contributed by atoms with Crippen LogP contribution in [0.25, 0.3) is 0 Å². The third-order valence-corrected chi connectivity index (χ3v) is 4.76. The molecule has 0 aliphatic carbocycles. The van der Waals surface area contributed by atoms with Crippen LogP contribution in [0.1, 0.15) is 53.7 Å². The Morgan fingerprint density at radius 3 is 2.88 bits per heavy atom. The van der Waals surface area contributed by atoms with Gasteiger partial charge in [-0.1, -0.05) is 17.3 Å².